The van der Waals surface area contributed by atoms with Crippen LogP contribution in [0.4, 0.5) is 11.6 Å². The zero-order valence-corrected chi connectivity index (χ0v) is 20.3. The second kappa shape index (κ2) is 9.24. The summed E-state index contributed by atoms with van der Waals surface area (Å²) in [6.07, 6.45) is 3.28. The number of anilines is 2. The average molecular weight is 523 g/mol. The number of hydrogen-bond donors (Lipinski definition) is 1. The van der Waals surface area contributed by atoms with Crippen LogP contribution in [0.2, 0.25) is 10.0 Å². The molecule has 174 valence electrons. The molecular formula is C24H16Cl2N6O2S. The number of nitrogens with zero attached hydrogens (tertiary/aromatic N) is 5. The van der Waals surface area contributed by atoms with E-state index in [9.17, 15) is 14.3 Å². The van der Waals surface area contributed by atoms with E-state index in [-0.39, 0.29) is 16.9 Å². The Morgan fingerprint density at radius 2 is 1.80 bits per heavy atom. The lowest BCUT2D eigenvalue weighted by Crippen LogP contribution is -2.27. The van der Waals surface area contributed by atoms with Crippen LogP contribution >= 0.6 is 23.2 Å². The van der Waals surface area contributed by atoms with Crippen molar-refractivity contribution >= 4 is 51.7 Å². The molecule has 11 heteroatoms. The summed E-state index contributed by atoms with van der Waals surface area (Å²) in [5.41, 5.74) is 3.19. The number of amides is 1. The van der Waals surface area contributed by atoms with Gasteiger partial charge in [-0.3, -0.25) is 9.36 Å². The number of fused-ring (bicyclic) bond motifs is 1. The molecule has 1 aliphatic rings. The van der Waals surface area contributed by atoms with Crippen LogP contribution in [0.1, 0.15) is 17.3 Å². The quantitative estimate of drug-likeness (QED) is 0.411. The highest BCUT2D eigenvalue weighted by Crippen LogP contribution is 2.40. The Balaban J connectivity index is 1.52. The van der Waals surface area contributed by atoms with Gasteiger partial charge in [-0.25, -0.2) is 24.2 Å². The second-order valence-electron chi connectivity index (χ2n) is 7.79. The minimum atomic E-state index is -1.85. The van der Waals surface area contributed by atoms with E-state index in [0.29, 0.717) is 27.8 Å². The molecule has 2 atom stereocenters. The summed E-state index contributed by atoms with van der Waals surface area (Å²) in [6.45, 7) is 0. The van der Waals surface area contributed by atoms with Crippen LogP contribution in [-0.4, -0.2) is 24.7 Å². The number of nitrogens with two attached hydrogens (primary N) is 1. The first-order valence-electron chi connectivity index (χ1n) is 10.3. The average Bonchev–Trinajstić information content (AvgIpc) is 3.37. The Labute approximate surface area is 213 Å². The van der Waals surface area contributed by atoms with Crippen molar-refractivity contribution in [3.8, 4) is 17.2 Å². The van der Waals surface area contributed by atoms with Crippen LogP contribution in [0.15, 0.2) is 72.0 Å². The predicted octanol–water partition coefficient (Wildman–Crippen LogP) is 4.57. The standard InChI is InChI=1S/C24H16Cl2N6O2S/c25-16-9-17(26)11-18(10-16)31-23(33)21(32-22(35(28)34)13-30-24(31)32)8-14-3-5-15(6-4-14)19-2-1-7-29-20(19)12-27/h1-7,9-11,13,21H,8,28H2. The molecule has 1 amide bonds. The minimum absolute atomic E-state index is 0.236. The van der Waals surface area contributed by atoms with E-state index in [4.69, 9.17) is 28.3 Å². The van der Waals surface area contributed by atoms with Crippen molar-refractivity contribution in [3.63, 3.8) is 0 Å². The fourth-order valence-electron chi connectivity index (χ4n) is 4.16. The number of rotatable bonds is 5. The van der Waals surface area contributed by atoms with E-state index in [0.717, 1.165) is 16.7 Å². The van der Waals surface area contributed by atoms with Gasteiger partial charge in [0.2, 0.25) is 5.95 Å². The number of aromatic nitrogens is 3. The van der Waals surface area contributed by atoms with E-state index in [2.05, 4.69) is 16.0 Å². The summed E-state index contributed by atoms with van der Waals surface area (Å²) in [5.74, 6) is 0.0130. The van der Waals surface area contributed by atoms with Crippen LogP contribution < -0.4 is 10.0 Å². The van der Waals surface area contributed by atoms with Crippen molar-refractivity contribution in [1.29, 1.82) is 5.26 Å². The first-order chi connectivity index (χ1) is 16.9. The monoisotopic (exact) mass is 522 g/mol. The van der Waals surface area contributed by atoms with Crippen LogP contribution in [0.25, 0.3) is 11.1 Å². The van der Waals surface area contributed by atoms with Gasteiger partial charge in [-0.15, -0.1) is 0 Å². The van der Waals surface area contributed by atoms with Crippen LogP contribution in [0, 0.1) is 11.3 Å². The van der Waals surface area contributed by atoms with E-state index >= 15 is 0 Å². The number of carbonyl (C=O) groups is 1. The van der Waals surface area contributed by atoms with Gasteiger partial charge in [0.15, 0.2) is 0 Å². The lowest BCUT2D eigenvalue weighted by molar-refractivity contribution is -0.119. The molecule has 0 bridgehead atoms. The van der Waals surface area contributed by atoms with Gasteiger partial charge in [-0.2, -0.15) is 5.26 Å². The Bertz CT molecular complexity index is 1510. The summed E-state index contributed by atoms with van der Waals surface area (Å²) in [7, 11) is -1.85. The number of benzene rings is 2. The second-order valence-corrected chi connectivity index (χ2v) is 9.68. The third-order valence-corrected chi connectivity index (χ3v) is 6.83. The van der Waals surface area contributed by atoms with Gasteiger partial charge in [0, 0.05) is 28.2 Å². The van der Waals surface area contributed by atoms with Crippen molar-refractivity contribution in [2.24, 2.45) is 5.14 Å². The first-order valence-corrected chi connectivity index (χ1v) is 12.3. The fourth-order valence-corrected chi connectivity index (χ4v) is 5.24. The van der Waals surface area contributed by atoms with Gasteiger partial charge in [-0.1, -0.05) is 47.5 Å². The topological polar surface area (TPSA) is 118 Å². The van der Waals surface area contributed by atoms with Gasteiger partial charge >= 0.3 is 0 Å². The highest BCUT2D eigenvalue weighted by molar-refractivity contribution is 7.82. The third kappa shape index (κ3) is 4.22. The number of nitriles is 1. The zero-order chi connectivity index (χ0) is 24.7. The van der Waals surface area contributed by atoms with Gasteiger partial charge in [0.25, 0.3) is 5.91 Å². The van der Waals surface area contributed by atoms with Gasteiger partial charge < -0.3 is 0 Å². The summed E-state index contributed by atoms with van der Waals surface area (Å²) < 4.78 is 13.8. The molecule has 0 aliphatic carbocycles. The normalized spacial score (nSPS) is 15.7. The van der Waals surface area contributed by atoms with Crippen LogP contribution in [0.3, 0.4) is 0 Å². The maximum absolute atomic E-state index is 13.6. The van der Waals surface area contributed by atoms with E-state index in [1.807, 2.05) is 30.3 Å². The number of pyridine rings is 1. The molecule has 0 saturated heterocycles. The number of imidazole rings is 1. The van der Waals surface area contributed by atoms with Crippen molar-refractivity contribution in [2.45, 2.75) is 17.5 Å². The fraction of sp³-hybridized carbons (Fsp3) is 0.0833. The first kappa shape index (κ1) is 23.2. The molecule has 35 heavy (non-hydrogen) atoms. The van der Waals surface area contributed by atoms with Crippen molar-refractivity contribution < 1.29 is 9.00 Å². The van der Waals surface area contributed by atoms with Gasteiger partial charge in [0.1, 0.15) is 33.8 Å². The molecule has 2 aromatic heterocycles. The molecule has 1 aliphatic heterocycles. The highest BCUT2D eigenvalue weighted by atomic mass is 35.5. The minimum Gasteiger partial charge on any atom is -0.288 e. The molecule has 4 aromatic rings. The van der Waals surface area contributed by atoms with Gasteiger partial charge in [0.05, 0.1) is 11.9 Å². The predicted molar refractivity (Wildman–Crippen MR) is 134 cm³/mol. The van der Waals surface area contributed by atoms with Crippen molar-refractivity contribution in [2.75, 3.05) is 4.90 Å². The number of carbonyl (C=O) groups excluding carboxylic acids is 1. The molecular weight excluding hydrogens is 507 g/mol. The lowest BCUT2D eigenvalue weighted by Gasteiger charge is -2.17. The maximum Gasteiger partial charge on any atom is 0.257 e. The molecule has 2 unspecified atom stereocenters. The summed E-state index contributed by atoms with van der Waals surface area (Å²) in [6, 6.07) is 17.3. The molecule has 0 radical (unpaired) electrons. The Kier molecular flexibility index (Phi) is 6.13. The highest BCUT2D eigenvalue weighted by Gasteiger charge is 2.41. The lowest BCUT2D eigenvalue weighted by atomic mass is 9.99. The summed E-state index contributed by atoms with van der Waals surface area (Å²) >= 11 is 12.3. The SMILES string of the molecule is N#Cc1ncccc1-c1ccc(CC2C(=O)N(c3cc(Cl)cc(Cl)c3)c3ncc(S(N)=O)n32)cc1. The molecule has 2 N–H and O–H groups in total. The molecule has 0 saturated carbocycles. The Morgan fingerprint density at radius 1 is 1.09 bits per heavy atom. The molecule has 5 rings (SSSR count). The smallest absolute Gasteiger partial charge is 0.257 e. The molecule has 0 fully saturated rings. The van der Waals surface area contributed by atoms with E-state index in [1.165, 1.54) is 11.1 Å². The number of halogens is 2. The molecule has 8 nitrogen and oxygen atoms in total. The molecule has 0 spiro atoms. The van der Waals surface area contributed by atoms with Crippen molar-refractivity contribution in [1.82, 2.24) is 14.5 Å². The van der Waals surface area contributed by atoms with Crippen LogP contribution in [-0.2, 0) is 22.2 Å². The Morgan fingerprint density at radius 3 is 2.46 bits per heavy atom. The van der Waals surface area contributed by atoms with E-state index < -0.39 is 17.0 Å². The largest absolute Gasteiger partial charge is 0.288 e. The summed E-state index contributed by atoms with van der Waals surface area (Å²) in [5, 5.41) is 16.0. The Hall–Kier alpha value is -3.55. The maximum atomic E-state index is 13.6. The van der Waals surface area contributed by atoms with Gasteiger partial charge in [-0.05, 0) is 41.5 Å². The zero-order valence-electron chi connectivity index (χ0n) is 17.9. The third-order valence-electron chi connectivity index (χ3n) is 5.68. The molecule has 2 aromatic carbocycles. The summed E-state index contributed by atoms with van der Waals surface area (Å²) in [4.78, 5) is 23.4. The van der Waals surface area contributed by atoms with E-state index in [1.54, 1.807) is 35.0 Å². The van der Waals surface area contributed by atoms with Crippen molar-refractivity contribution in [3.05, 3.63) is 88.3 Å². The molecule has 3 heterocycles. The number of hydrogen-bond acceptors (Lipinski definition) is 5. The van der Waals surface area contributed by atoms with Crippen LogP contribution in [0.5, 0.6) is 0 Å².